The summed E-state index contributed by atoms with van der Waals surface area (Å²) in [7, 11) is 0. The number of oxime groups is 1. The zero-order valence-electron chi connectivity index (χ0n) is 22.3. The highest BCUT2D eigenvalue weighted by atomic mass is 35.5. The minimum absolute atomic E-state index is 0. The Balaban J connectivity index is 0.000000213. The highest BCUT2D eigenvalue weighted by molar-refractivity contribution is 6.42. The molecule has 4 aromatic rings. The van der Waals surface area contributed by atoms with Gasteiger partial charge in [-0.3, -0.25) is 4.79 Å². The van der Waals surface area contributed by atoms with E-state index in [4.69, 9.17) is 56.8 Å². The summed E-state index contributed by atoms with van der Waals surface area (Å²) in [6, 6.07) is 27.3. The summed E-state index contributed by atoms with van der Waals surface area (Å²) < 4.78 is 0. The maximum Gasteiger partial charge on any atom is 0.163 e. The predicted molar refractivity (Wildman–Crippen MR) is 174 cm³/mol. The van der Waals surface area contributed by atoms with Gasteiger partial charge in [-0.25, -0.2) is 5.90 Å². The van der Waals surface area contributed by atoms with E-state index in [1.165, 1.54) is 5.56 Å². The van der Waals surface area contributed by atoms with Gasteiger partial charge < -0.3 is 10.4 Å². The lowest BCUT2D eigenvalue weighted by atomic mass is 9.78. The van der Waals surface area contributed by atoms with Crippen LogP contribution in [0.2, 0.25) is 20.1 Å². The van der Waals surface area contributed by atoms with E-state index < -0.39 is 0 Å². The Bertz CT molecular complexity index is 1580. The number of halogens is 5. The zero-order chi connectivity index (χ0) is 29.5. The summed E-state index contributed by atoms with van der Waals surface area (Å²) in [5, 5.41) is 21.3. The molecule has 0 bridgehead atoms. The van der Waals surface area contributed by atoms with Crippen LogP contribution >= 0.6 is 58.8 Å². The van der Waals surface area contributed by atoms with Crippen molar-refractivity contribution < 1.29 is 15.2 Å². The van der Waals surface area contributed by atoms with E-state index in [-0.39, 0.29) is 30.0 Å². The van der Waals surface area contributed by atoms with Gasteiger partial charge in [0.1, 0.15) is 0 Å². The van der Waals surface area contributed by atoms with Gasteiger partial charge in [0.05, 0.1) is 25.8 Å². The number of Topliss-reactive ketones (excluding diaryl/α,β-unsaturated/α-hetero) is 1. The van der Waals surface area contributed by atoms with Crippen molar-refractivity contribution in [1.29, 1.82) is 0 Å². The summed E-state index contributed by atoms with van der Waals surface area (Å²) >= 11 is 24.1. The fourth-order valence-corrected chi connectivity index (χ4v) is 6.12. The van der Waals surface area contributed by atoms with Gasteiger partial charge in [0.2, 0.25) is 0 Å². The van der Waals surface area contributed by atoms with Crippen LogP contribution in [0.3, 0.4) is 0 Å². The Morgan fingerprint density at radius 1 is 0.643 bits per heavy atom. The highest BCUT2D eigenvalue weighted by Crippen LogP contribution is 2.40. The van der Waals surface area contributed by atoms with E-state index in [2.05, 4.69) is 17.1 Å². The van der Waals surface area contributed by atoms with Gasteiger partial charge in [-0.15, -0.1) is 12.4 Å². The van der Waals surface area contributed by atoms with Crippen LogP contribution in [0.5, 0.6) is 0 Å². The monoisotopic (exact) mass is 664 g/mol. The van der Waals surface area contributed by atoms with Gasteiger partial charge in [-0.2, -0.15) is 0 Å². The summed E-state index contributed by atoms with van der Waals surface area (Å²) in [5.41, 5.74) is 7.12. The lowest BCUT2D eigenvalue weighted by molar-refractivity contribution is 0.0969. The highest BCUT2D eigenvalue weighted by Gasteiger charge is 2.27. The Hall–Kier alpha value is -2.61. The van der Waals surface area contributed by atoms with E-state index >= 15 is 0 Å². The molecular formula is C32H29Cl5N2O3. The maximum absolute atomic E-state index is 11.9. The molecule has 2 atom stereocenters. The minimum Gasteiger partial charge on any atom is -0.411 e. The lowest BCUT2D eigenvalue weighted by Gasteiger charge is -2.26. The maximum atomic E-state index is 11.9. The van der Waals surface area contributed by atoms with Crippen molar-refractivity contribution in [3.63, 3.8) is 0 Å². The van der Waals surface area contributed by atoms with Crippen molar-refractivity contribution in [1.82, 2.24) is 0 Å². The first-order chi connectivity index (χ1) is 19.9. The van der Waals surface area contributed by atoms with E-state index in [0.29, 0.717) is 26.5 Å². The van der Waals surface area contributed by atoms with Crippen molar-refractivity contribution >= 4 is 70.3 Å². The molecule has 0 unspecified atom stereocenters. The van der Waals surface area contributed by atoms with Gasteiger partial charge in [0, 0.05) is 29.4 Å². The first-order valence-corrected chi connectivity index (χ1v) is 14.5. The van der Waals surface area contributed by atoms with E-state index in [1.807, 2.05) is 78.9 Å². The van der Waals surface area contributed by atoms with Crippen molar-refractivity contribution in [2.45, 2.75) is 37.5 Å². The smallest absolute Gasteiger partial charge is 0.163 e. The fraction of sp³-hybridized carbons (Fsp3) is 0.188. The molecule has 2 aliphatic carbocycles. The number of hydrogen-bond acceptors (Lipinski definition) is 5. The first kappa shape index (κ1) is 33.9. The summed E-state index contributed by atoms with van der Waals surface area (Å²) in [4.78, 5) is 11.9. The predicted octanol–water partition coefficient (Wildman–Crippen LogP) is 9.96. The molecule has 0 saturated heterocycles. The largest absolute Gasteiger partial charge is 0.411 e. The molecule has 0 heterocycles. The number of benzene rings is 4. The molecule has 2 aliphatic rings. The second kappa shape index (κ2) is 15.7. The van der Waals surface area contributed by atoms with Gasteiger partial charge in [-0.1, -0.05) is 112 Å². The normalized spacial score (nSPS) is 17.9. The molecule has 5 nitrogen and oxygen atoms in total. The molecule has 42 heavy (non-hydrogen) atoms. The molecule has 4 N–H and O–H groups in total. The summed E-state index contributed by atoms with van der Waals surface area (Å²) in [6.45, 7) is 0. The third-order valence-corrected chi connectivity index (χ3v) is 8.90. The number of ketones is 1. The molecule has 0 fully saturated rings. The van der Waals surface area contributed by atoms with E-state index in [9.17, 15) is 4.79 Å². The van der Waals surface area contributed by atoms with Crippen molar-refractivity contribution in [3.8, 4) is 0 Å². The molecule has 6 rings (SSSR count). The third kappa shape index (κ3) is 7.47. The first-order valence-electron chi connectivity index (χ1n) is 13.0. The van der Waals surface area contributed by atoms with Crippen LogP contribution in [0.25, 0.3) is 0 Å². The van der Waals surface area contributed by atoms with Crippen LogP contribution in [0, 0.1) is 0 Å². The molecule has 10 heteroatoms. The Labute approximate surface area is 271 Å². The average molecular weight is 667 g/mol. The van der Waals surface area contributed by atoms with Crippen molar-refractivity contribution in [2.75, 3.05) is 0 Å². The molecular weight excluding hydrogens is 638 g/mol. The molecule has 0 amide bonds. The van der Waals surface area contributed by atoms with Crippen LogP contribution in [0.1, 0.15) is 75.7 Å². The molecule has 4 aromatic carbocycles. The second-order valence-corrected chi connectivity index (χ2v) is 11.3. The number of nitrogens with zero attached hydrogens (tertiary/aromatic N) is 1. The topological polar surface area (TPSA) is 95.9 Å². The SMILES string of the molecule is Cl.NO.O=C1CC[C@@H](c2ccc(Cl)c(Cl)c2)c2ccccc21.ON=C1CC[C@@H](c2ccc(Cl)c(Cl)c2)c2ccccc21. The van der Waals surface area contributed by atoms with Gasteiger partial charge >= 0.3 is 0 Å². The number of carbonyl (C=O) groups is 1. The molecule has 0 aliphatic heterocycles. The van der Waals surface area contributed by atoms with Crippen LogP contribution in [0.4, 0.5) is 0 Å². The van der Waals surface area contributed by atoms with E-state index in [0.717, 1.165) is 52.8 Å². The third-order valence-electron chi connectivity index (χ3n) is 7.43. The summed E-state index contributed by atoms with van der Waals surface area (Å²) in [5.74, 6) is 4.21. The second-order valence-electron chi connectivity index (χ2n) is 9.67. The Morgan fingerprint density at radius 3 is 1.60 bits per heavy atom. The quantitative estimate of drug-likeness (QED) is 0.147. The number of nitrogens with two attached hydrogens (primary N) is 1. The molecule has 0 spiro atoms. The van der Waals surface area contributed by atoms with Gasteiger partial charge in [-0.05, 0) is 65.8 Å². The molecule has 0 radical (unpaired) electrons. The van der Waals surface area contributed by atoms with Crippen LogP contribution < -0.4 is 5.90 Å². The zero-order valence-corrected chi connectivity index (χ0v) is 26.2. The fourth-order valence-electron chi connectivity index (χ4n) is 5.51. The minimum atomic E-state index is 0. The summed E-state index contributed by atoms with van der Waals surface area (Å²) in [6.07, 6.45) is 3.06. The molecule has 220 valence electrons. The molecule has 0 aromatic heterocycles. The molecule has 0 saturated carbocycles. The lowest BCUT2D eigenvalue weighted by Crippen LogP contribution is -2.17. The van der Waals surface area contributed by atoms with Gasteiger partial charge in [0.25, 0.3) is 0 Å². The number of carbonyl (C=O) groups excluding carboxylic acids is 1. The average Bonchev–Trinajstić information content (AvgIpc) is 3.01. The Morgan fingerprint density at radius 2 is 1.10 bits per heavy atom. The van der Waals surface area contributed by atoms with Crippen LogP contribution in [0.15, 0.2) is 90.1 Å². The van der Waals surface area contributed by atoms with Crippen LogP contribution in [-0.2, 0) is 0 Å². The van der Waals surface area contributed by atoms with E-state index in [1.54, 1.807) is 0 Å². The van der Waals surface area contributed by atoms with Crippen molar-refractivity contribution in [3.05, 3.63) is 138 Å². The Kier molecular flexibility index (Phi) is 12.7. The standard InChI is InChI=1S/C16H13Cl2NO.C16H12Cl2O.ClH.H3NO/c17-14-7-5-10(9-15(14)18)11-6-8-16(19-20)13-4-2-1-3-12(11)13;17-14-7-5-10(9-15(14)18)11-6-8-16(19)13-4-2-1-3-12(11)13;;1-2/h1-5,7,9,11,20H,6,8H2;1-5,7,9,11H,6,8H2;1H;2H,1H2/t2*11-;;/m00../s1. The van der Waals surface area contributed by atoms with Gasteiger partial charge in [0.15, 0.2) is 5.78 Å². The van der Waals surface area contributed by atoms with Crippen LogP contribution in [-0.4, -0.2) is 21.9 Å². The number of rotatable bonds is 2. The number of fused-ring (bicyclic) bond motifs is 2. The number of hydrogen-bond donors (Lipinski definition) is 3. The van der Waals surface area contributed by atoms with Crippen molar-refractivity contribution in [2.24, 2.45) is 11.1 Å².